The fraction of sp³-hybridized carbons (Fsp3) is 0.267. The molecule has 0 heterocycles. The van der Waals surface area contributed by atoms with Gasteiger partial charge in [-0.2, -0.15) is 0 Å². The van der Waals surface area contributed by atoms with Crippen LogP contribution in [-0.2, 0) is 11.3 Å². The van der Waals surface area contributed by atoms with E-state index in [1.54, 1.807) is 18.9 Å². The fourth-order valence-corrected chi connectivity index (χ4v) is 2.04. The zero-order chi connectivity index (χ0) is 13.1. The third-order valence-electron chi connectivity index (χ3n) is 3.00. The van der Waals surface area contributed by atoms with Crippen LogP contribution in [0.1, 0.15) is 12.5 Å². The van der Waals surface area contributed by atoms with Crippen LogP contribution in [0.25, 0.3) is 10.8 Å². The largest absolute Gasteiger partial charge is 0.340 e. The van der Waals surface area contributed by atoms with Gasteiger partial charge in [-0.05, 0) is 29.3 Å². The zero-order valence-corrected chi connectivity index (χ0v) is 10.8. The molecule has 0 unspecified atom stereocenters. The van der Waals surface area contributed by atoms with Crippen LogP contribution in [0.3, 0.4) is 0 Å². The molecule has 3 heteroatoms. The molecule has 0 aliphatic carbocycles. The number of likely N-dealkylation sites (N-methyl/N-ethyl adjacent to an activating group) is 1. The Morgan fingerprint density at radius 3 is 2.56 bits per heavy atom. The van der Waals surface area contributed by atoms with E-state index in [-0.39, 0.29) is 5.91 Å². The van der Waals surface area contributed by atoms with Crippen LogP contribution >= 0.6 is 0 Å². The summed E-state index contributed by atoms with van der Waals surface area (Å²) in [7, 11) is 1.78. The van der Waals surface area contributed by atoms with Crippen LogP contribution in [0.5, 0.6) is 0 Å². The van der Waals surface area contributed by atoms with Crippen molar-refractivity contribution in [3.05, 3.63) is 48.0 Å². The second-order valence-corrected chi connectivity index (χ2v) is 4.66. The van der Waals surface area contributed by atoms with Gasteiger partial charge in [0.15, 0.2) is 0 Å². The van der Waals surface area contributed by atoms with Crippen molar-refractivity contribution < 1.29 is 4.79 Å². The second kappa shape index (κ2) is 5.19. The summed E-state index contributed by atoms with van der Waals surface area (Å²) in [5.41, 5.74) is 6.71. The van der Waals surface area contributed by atoms with Gasteiger partial charge < -0.3 is 10.6 Å². The second-order valence-electron chi connectivity index (χ2n) is 4.66. The molecule has 0 saturated carbocycles. The van der Waals surface area contributed by atoms with Gasteiger partial charge in [-0.25, -0.2) is 0 Å². The van der Waals surface area contributed by atoms with Crippen molar-refractivity contribution in [1.82, 2.24) is 4.90 Å². The van der Waals surface area contributed by atoms with Crippen LogP contribution in [0.4, 0.5) is 0 Å². The Morgan fingerprint density at radius 1 is 1.22 bits per heavy atom. The average Bonchev–Trinajstić information content (AvgIpc) is 2.37. The number of carbonyl (C=O) groups is 1. The van der Waals surface area contributed by atoms with Crippen molar-refractivity contribution in [3.8, 4) is 0 Å². The van der Waals surface area contributed by atoms with Gasteiger partial charge in [0.1, 0.15) is 0 Å². The summed E-state index contributed by atoms with van der Waals surface area (Å²) in [6, 6.07) is 14.0. The molecule has 0 aromatic heterocycles. The highest BCUT2D eigenvalue weighted by Gasteiger charge is 2.13. The third kappa shape index (κ3) is 2.68. The van der Waals surface area contributed by atoms with E-state index in [1.165, 1.54) is 10.8 Å². The molecule has 18 heavy (non-hydrogen) atoms. The Bertz CT molecular complexity index is 563. The predicted molar refractivity (Wildman–Crippen MR) is 74.1 cm³/mol. The van der Waals surface area contributed by atoms with E-state index >= 15 is 0 Å². The van der Waals surface area contributed by atoms with Crippen LogP contribution in [-0.4, -0.2) is 23.9 Å². The van der Waals surface area contributed by atoms with E-state index < -0.39 is 6.04 Å². The summed E-state index contributed by atoms with van der Waals surface area (Å²) in [6.07, 6.45) is 0. The van der Waals surface area contributed by atoms with Crippen LogP contribution in [0, 0.1) is 0 Å². The van der Waals surface area contributed by atoms with Gasteiger partial charge in [0, 0.05) is 13.6 Å². The maximum atomic E-state index is 11.7. The Kier molecular flexibility index (Phi) is 3.63. The van der Waals surface area contributed by atoms with Gasteiger partial charge in [-0.15, -0.1) is 0 Å². The molecule has 2 aromatic rings. The van der Waals surface area contributed by atoms with Gasteiger partial charge >= 0.3 is 0 Å². The van der Waals surface area contributed by atoms with Crippen LogP contribution in [0.15, 0.2) is 42.5 Å². The number of hydrogen-bond donors (Lipinski definition) is 1. The molecular weight excluding hydrogens is 224 g/mol. The molecule has 3 nitrogen and oxygen atoms in total. The molecule has 0 radical (unpaired) electrons. The Morgan fingerprint density at radius 2 is 1.89 bits per heavy atom. The first-order chi connectivity index (χ1) is 8.58. The SMILES string of the molecule is C[C@H](N)C(=O)N(C)Cc1ccc2ccccc2c1. The van der Waals surface area contributed by atoms with Crippen LogP contribution in [0.2, 0.25) is 0 Å². The van der Waals surface area contributed by atoms with E-state index in [2.05, 4.69) is 24.3 Å². The Labute approximate surface area is 107 Å². The molecule has 1 atom stereocenters. The van der Waals surface area contributed by atoms with Crippen LogP contribution < -0.4 is 5.73 Å². The number of nitrogens with zero attached hydrogens (tertiary/aromatic N) is 1. The number of hydrogen-bond acceptors (Lipinski definition) is 2. The van der Waals surface area contributed by atoms with Gasteiger partial charge in [0.05, 0.1) is 6.04 Å². The van der Waals surface area contributed by atoms with Gasteiger partial charge in [0.25, 0.3) is 0 Å². The molecule has 2 aromatic carbocycles. The molecule has 0 bridgehead atoms. The normalized spacial score (nSPS) is 12.4. The van der Waals surface area contributed by atoms with E-state index in [4.69, 9.17) is 5.73 Å². The number of carbonyl (C=O) groups excluding carboxylic acids is 1. The molecule has 2 rings (SSSR count). The molecule has 0 spiro atoms. The standard InChI is InChI=1S/C15H18N2O/c1-11(16)15(18)17(2)10-12-7-8-13-5-3-4-6-14(13)9-12/h3-9,11H,10,16H2,1-2H3/t11-/m0/s1. The molecule has 2 N–H and O–H groups in total. The number of nitrogens with two attached hydrogens (primary N) is 1. The first kappa shape index (κ1) is 12.6. The molecule has 0 saturated heterocycles. The Balaban J connectivity index is 2.19. The quantitative estimate of drug-likeness (QED) is 0.896. The highest BCUT2D eigenvalue weighted by Crippen LogP contribution is 2.16. The van der Waals surface area contributed by atoms with E-state index in [0.29, 0.717) is 6.54 Å². The predicted octanol–water partition coefficient (Wildman–Crippen LogP) is 2.15. The monoisotopic (exact) mass is 242 g/mol. The molecule has 0 fully saturated rings. The summed E-state index contributed by atoms with van der Waals surface area (Å²) in [5.74, 6) is -0.0387. The van der Waals surface area contributed by atoms with Gasteiger partial charge in [-0.1, -0.05) is 36.4 Å². The lowest BCUT2D eigenvalue weighted by Crippen LogP contribution is -2.39. The van der Waals surface area contributed by atoms with E-state index in [1.807, 2.05) is 18.2 Å². The molecule has 1 amide bonds. The third-order valence-corrected chi connectivity index (χ3v) is 3.00. The lowest BCUT2D eigenvalue weighted by atomic mass is 10.1. The average molecular weight is 242 g/mol. The lowest BCUT2D eigenvalue weighted by Gasteiger charge is -2.19. The number of amides is 1. The highest BCUT2D eigenvalue weighted by molar-refractivity contribution is 5.83. The zero-order valence-electron chi connectivity index (χ0n) is 10.8. The molecular formula is C15H18N2O. The van der Waals surface area contributed by atoms with Crippen molar-refractivity contribution in [1.29, 1.82) is 0 Å². The van der Waals surface area contributed by atoms with Crippen molar-refractivity contribution in [2.24, 2.45) is 5.73 Å². The number of rotatable bonds is 3. The Hall–Kier alpha value is -1.87. The minimum absolute atomic E-state index is 0.0387. The summed E-state index contributed by atoms with van der Waals surface area (Å²) in [4.78, 5) is 13.4. The topological polar surface area (TPSA) is 46.3 Å². The molecule has 94 valence electrons. The maximum absolute atomic E-state index is 11.7. The first-order valence-corrected chi connectivity index (χ1v) is 6.06. The van der Waals surface area contributed by atoms with E-state index in [9.17, 15) is 4.79 Å². The maximum Gasteiger partial charge on any atom is 0.239 e. The fourth-order valence-electron chi connectivity index (χ4n) is 2.04. The minimum Gasteiger partial charge on any atom is -0.340 e. The molecule has 0 aliphatic heterocycles. The number of fused-ring (bicyclic) bond motifs is 1. The van der Waals surface area contributed by atoms with Crippen molar-refractivity contribution in [3.63, 3.8) is 0 Å². The van der Waals surface area contributed by atoms with Gasteiger partial charge in [-0.3, -0.25) is 4.79 Å². The summed E-state index contributed by atoms with van der Waals surface area (Å²) in [6.45, 7) is 2.30. The van der Waals surface area contributed by atoms with Crippen molar-refractivity contribution in [2.45, 2.75) is 19.5 Å². The van der Waals surface area contributed by atoms with Gasteiger partial charge in [0.2, 0.25) is 5.91 Å². The lowest BCUT2D eigenvalue weighted by molar-refractivity contribution is -0.131. The smallest absolute Gasteiger partial charge is 0.239 e. The summed E-state index contributed by atoms with van der Waals surface area (Å²) >= 11 is 0. The van der Waals surface area contributed by atoms with Crippen molar-refractivity contribution in [2.75, 3.05) is 7.05 Å². The minimum atomic E-state index is -0.449. The highest BCUT2D eigenvalue weighted by atomic mass is 16.2. The summed E-state index contributed by atoms with van der Waals surface area (Å²) in [5, 5.41) is 2.40. The number of benzene rings is 2. The summed E-state index contributed by atoms with van der Waals surface area (Å²) < 4.78 is 0. The van der Waals surface area contributed by atoms with E-state index in [0.717, 1.165) is 5.56 Å². The van der Waals surface area contributed by atoms with Crippen molar-refractivity contribution >= 4 is 16.7 Å². The molecule has 0 aliphatic rings. The first-order valence-electron chi connectivity index (χ1n) is 6.06.